The number of unbranched alkanes of at least 4 members (excludes halogenated alkanes) is 2. The Hall–Kier alpha value is -0.300. The maximum Gasteiger partial charge on any atom is -0.00236 e. The van der Waals surface area contributed by atoms with Crippen LogP contribution in [0.4, 0.5) is 0 Å². The smallest absolute Gasteiger partial charge is 0.00236 e. The van der Waals surface area contributed by atoms with Gasteiger partial charge in [0.2, 0.25) is 0 Å². The molecule has 72 valence electrons. The van der Waals surface area contributed by atoms with Crippen LogP contribution < -0.4 is 5.32 Å². The maximum absolute atomic E-state index is 3.72. The minimum Gasteiger partial charge on any atom is -0.319 e. The molecule has 0 aromatic rings. The Balaban J connectivity index is 3.24. The molecule has 0 bridgehead atoms. The molecule has 0 fully saturated rings. The highest BCUT2D eigenvalue weighted by Crippen LogP contribution is 2.12. The van der Waals surface area contributed by atoms with Gasteiger partial charge in [-0.1, -0.05) is 25.8 Å². The van der Waals surface area contributed by atoms with Gasteiger partial charge in [-0.3, -0.25) is 0 Å². The van der Waals surface area contributed by atoms with Gasteiger partial charge in [-0.05, 0) is 38.8 Å². The van der Waals surface area contributed by atoms with Crippen LogP contribution in [0.2, 0.25) is 0 Å². The first-order valence-corrected chi connectivity index (χ1v) is 5.10. The molecular formula is C11H23N. The fourth-order valence-corrected chi connectivity index (χ4v) is 1.46. The second-order valence-corrected chi connectivity index (χ2v) is 3.41. The summed E-state index contributed by atoms with van der Waals surface area (Å²) in [5, 5.41) is 3.24. The molecule has 0 aromatic heterocycles. The number of allylic oxidation sites excluding steroid dienone is 1. The average Bonchev–Trinajstić information content (AvgIpc) is 2.10. The third-order valence-corrected chi connectivity index (χ3v) is 2.34. The van der Waals surface area contributed by atoms with Gasteiger partial charge in [-0.15, -0.1) is 6.58 Å². The van der Waals surface area contributed by atoms with Crippen molar-refractivity contribution in [2.75, 3.05) is 13.6 Å². The lowest BCUT2D eigenvalue weighted by molar-refractivity contribution is 0.431. The molecule has 0 aromatic carbocycles. The van der Waals surface area contributed by atoms with Crippen molar-refractivity contribution in [3.05, 3.63) is 12.7 Å². The van der Waals surface area contributed by atoms with Crippen molar-refractivity contribution in [3.8, 4) is 0 Å². The van der Waals surface area contributed by atoms with E-state index in [1.54, 1.807) is 0 Å². The summed E-state index contributed by atoms with van der Waals surface area (Å²) in [5.74, 6) is 0.875. The van der Waals surface area contributed by atoms with Gasteiger partial charge in [0.15, 0.2) is 0 Å². The second kappa shape index (κ2) is 8.79. The van der Waals surface area contributed by atoms with E-state index < -0.39 is 0 Å². The van der Waals surface area contributed by atoms with E-state index in [0.29, 0.717) is 0 Å². The molecule has 0 rings (SSSR count). The van der Waals surface area contributed by atoms with Crippen molar-refractivity contribution in [2.45, 2.75) is 39.0 Å². The van der Waals surface area contributed by atoms with E-state index in [1.165, 1.54) is 38.6 Å². The van der Waals surface area contributed by atoms with Crippen LogP contribution in [0, 0.1) is 5.92 Å². The van der Waals surface area contributed by atoms with Crippen LogP contribution in [0.5, 0.6) is 0 Å². The Morgan fingerprint density at radius 3 is 2.67 bits per heavy atom. The van der Waals surface area contributed by atoms with Gasteiger partial charge in [0.1, 0.15) is 0 Å². The van der Waals surface area contributed by atoms with Gasteiger partial charge in [0.05, 0.1) is 0 Å². The molecule has 0 saturated carbocycles. The van der Waals surface area contributed by atoms with Crippen molar-refractivity contribution in [1.29, 1.82) is 0 Å². The number of nitrogens with one attached hydrogen (secondary N) is 1. The van der Waals surface area contributed by atoms with Crippen molar-refractivity contribution in [2.24, 2.45) is 5.92 Å². The lowest BCUT2D eigenvalue weighted by Gasteiger charge is -2.13. The monoisotopic (exact) mass is 169 g/mol. The maximum atomic E-state index is 3.72. The zero-order chi connectivity index (χ0) is 9.23. The van der Waals surface area contributed by atoms with E-state index in [4.69, 9.17) is 0 Å². The van der Waals surface area contributed by atoms with Crippen molar-refractivity contribution < 1.29 is 0 Å². The third kappa shape index (κ3) is 6.41. The Bertz CT molecular complexity index is 99.2. The van der Waals surface area contributed by atoms with Crippen LogP contribution in [-0.4, -0.2) is 13.6 Å². The van der Waals surface area contributed by atoms with E-state index >= 15 is 0 Å². The van der Waals surface area contributed by atoms with Gasteiger partial charge < -0.3 is 5.32 Å². The predicted octanol–water partition coefficient (Wildman–Crippen LogP) is 2.98. The first-order valence-electron chi connectivity index (χ1n) is 5.10. The standard InChI is InChI=1S/C11H23N/c1-4-6-7-8-9-11(5-2)10-12-3/h4,11-12H,1,5-10H2,2-3H3. The SMILES string of the molecule is C=CCCCCC(CC)CNC. The van der Waals surface area contributed by atoms with Gasteiger partial charge in [-0.2, -0.15) is 0 Å². The number of hydrogen-bond acceptors (Lipinski definition) is 1. The average molecular weight is 169 g/mol. The molecule has 1 atom stereocenters. The largest absolute Gasteiger partial charge is 0.319 e. The highest BCUT2D eigenvalue weighted by Gasteiger charge is 2.03. The molecule has 1 heteroatoms. The van der Waals surface area contributed by atoms with Crippen LogP contribution in [-0.2, 0) is 0 Å². The minimum absolute atomic E-state index is 0.875. The molecule has 0 heterocycles. The fourth-order valence-electron chi connectivity index (χ4n) is 1.46. The summed E-state index contributed by atoms with van der Waals surface area (Å²) >= 11 is 0. The highest BCUT2D eigenvalue weighted by atomic mass is 14.8. The van der Waals surface area contributed by atoms with Crippen LogP contribution >= 0.6 is 0 Å². The van der Waals surface area contributed by atoms with E-state index in [2.05, 4.69) is 18.8 Å². The molecule has 1 nitrogen and oxygen atoms in total. The molecule has 0 radical (unpaired) electrons. The van der Waals surface area contributed by atoms with Gasteiger partial charge in [0.25, 0.3) is 0 Å². The molecule has 0 aliphatic rings. The van der Waals surface area contributed by atoms with E-state index in [-0.39, 0.29) is 0 Å². The topological polar surface area (TPSA) is 12.0 Å². The molecular weight excluding hydrogens is 146 g/mol. The molecule has 0 aliphatic heterocycles. The predicted molar refractivity (Wildman–Crippen MR) is 56.4 cm³/mol. The summed E-state index contributed by atoms with van der Waals surface area (Å²) in [6, 6.07) is 0. The highest BCUT2D eigenvalue weighted by molar-refractivity contribution is 4.67. The van der Waals surface area contributed by atoms with Crippen LogP contribution in [0.1, 0.15) is 39.0 Å². The lowest BCUT2D eigenvalue weighted by atomic mass is 9.99. The van der Waals surface area contributed by atoms with E-state index in [9.17, 15) is 0 Å². The van der Waals surface area contributed by atoms with Crippen molar-refractivity contribution >= 4 is 0 Å². The van der Waals surface area contributed by atoms with Crippen LogP contribution in [0.25, 0.3) is 0 Å². The van der Waals surface area contributed by atoms with Crippen molar-refractivity contribution in [1.82, 2.24) is 5.32 Å². The molecule has 0 aliphatic carbocycles. The normalized spacial score (nSPS) is 12.8. The Labute approximate surface area is 77.2 Å². The first kappa shape index (κ1) is 11.7. The molecule has 1 N–H and O–H groups in total. The Kier molecular flexibility index (Phi) is 8.57. The Morgan fingerprint density at radius 2 is 2.17 bits per heavy atom. The Morgan fingerprint density at radius 1 is 1.42 bits per heavy atom. The summed E-state index contributed by atoms with van der Waals surface area (Å²) in [5.41, 5.74) is 0. The second-order valence-electron chi connectivity index (χ2n) is 3.41. The van der Waals surface area contributed by atoms with Crippen molar-refractivity contribution in [3.63, 3.8) is 0 Å². The minimum atomic E-state index is 0.875. The quantitative estimate of drug-likeness (QED) is 0.435. The molecule has 0 spiro atoms. The zero-order valence-electron chi connectivity index (χ0n) is 8.60. The van der Waals surface area contributed by atoms with E-state index in [1.807, 2.05) is 13.1 Å². The summed E-state index contributed by atoms with van der Waals surface area (Å²) in [6.45, 7) is 7.17. The summed E-state index contributed by atoms with van der Waals surface area (Å²) in [7, 11) is 2.03. The lowest BCUT2D eigenvalue weighted by Crippen LogP contribution is -2.17. The molecule has 0 amide bonds. The summed E-state index contributed by atoms with van der Waals surface area (Å²) in [4.78, 5) is 0. The number of rotatable bonds is 8. The molecule has 12 heavy (non-hydrogen) atoms. The van der Waals surface area contributed by atoms with Crippen LogP contribution in [0.15, 0.2) is 12.7 Å². The third-order valence-electron chi connectivity index (χ3n) is 2.34. The fraction of sp³-hybridized carbons (Fsp3) is 0.818. The first-order chi connectivity index (χ1) is 5.85. The summed E-state index contributed by atoms with van der Waals surface area (Å²) < 4.78 is 0. The zero-order valence-corrected chi connectivity index (χ0v) is 8.60. The van der Waals surface area contributed by atoms with Gasteiger partial charge >= 0.3 is 0 Å². The summed E-state index contributed by atoms with van der Waals surface area (Å²) in [6.07, 6.45) is 8.52. The molecule has 0 saturated heterocycles. The van der Waals surface area contributed by atoms with Gasteiger partial charge in [0, 0.05) is 0 Å². The number of hydrogen-bond donors (Lipinski definition) is 1. The molecule has 1 unspecified atom stereocenters. The van der Waals surface area contributed by atoms with Crippen LogP contribution in [0.3, 0.4) is 0 Å². The van der Waals surface area contributed by atoms with Gasteiger partial charge in [-0.25, -0.2) is 0 Å². The van der Waals surface area contributed by atoms with E-state index in [0.717, 1.165) is 5.92 Å².